The summed E-state index contributed by atoms with van der Waals surface area (Å²) < 4.78 is 5.55. The van der Waals surface area contributed by atoms with Crippen LogP contribution in [0.5, 0.6) is 0 Å². The Bertz CT molecular complexity index is 734. The van der Waals surface area contributed by atoms with Gasteiger partial charge in [-0.05, 0) is 35.6 Å². The number of aliphatic hydroxyl groups is 1. The highest BCUT2D eigenvalue weighted by molar-refractivity contribution is 5.85. The lowest BCUT2D eigenvalue weighted by molar-refractivity contribution is 0.127. The van der Waals surface area contributed by atoms with E-state index in [2.05, 4.69) is 58.1 Å². The quantitative estimate of drug-likeness (QED) is 0.527. The molecule has 5 nitrogen and oxygen atoms in total. The minimum Gasteiger partial charge on any atom is -0.396 e. The van der Waals surface area contributed by atoms with Crippen molar-refractivity contribution in [1.82, 2.24) is 10.6 Å². The monoisotopic (exact) mass is 355 g/mol. The number of hydrogen-bond donors (Lipinski definition) is 3. The van der Waals surface area contributed by atoms with E-state index in [1.807, 2.05) is 0 Å². The molecule has 1 atom stereocenters. The number of ether oxygens (including phenoxy) is 1. The summed E-state index contributed by atoms with van der Waals surface area (Å²) in [6, 6.07) is 14.9. The third-order valence-corrected chi connectivity index (χ3v) is 5.25. The van der Waals surface area contributed by atoms with E-state index in [0.717, 1.165) is 44.9 Å². The molecule has 2 aromatic rings. The molecule has 2 aromatic carbocycles. The van der Waals surface area contributed by atoms with Gasteiger partial charge in [-0.3, -0.25) is 4.99 Å². The van der Waals surface area contributed by atoms with Crippen LogP contribution in [0.25, 0.3) is 10.8 Å². The molecule has 140 valence electrons. The molecule has 0 aromatic heterocycles. The number of hydrogen-bond acceptors (Lipinski definition) is 3. The smallest absolute Gasteiger partial charge is 0.191 e. The van der Waals surface area contributed by atoms with Crippen LogP contribution in [-0.2, 0) is 11.2 Å². The first-order valence-corrected chi connectivity index (χ1v) is 9.36. The Kier molecular flexibility index (Phi) is 6.47. The van der Waals surface area contributed by atoms with Crippen molar-refractivity contribution >= 4 is 16.7 Å². The Labute approximate surface area is 155 Å². The van der Waals surface area contributed by atoms with E-state index in [9.17, 15) is 5.11 Å². The van der Waals surface area contributed by atoms with Crippen molar-refractivity contribution in [3.8, 4) is 0 Å². The van der Waals surface area contributed by atoms with Crippen LogP contribution in [0, 0.1) is 5.41 Å². The van der Waals surface area contributed by atoms with Gasteiger partial charge in [-0.2, -0.15) is 0 Å². The summed E-state index contributed by atoms with van der Waals surface area (Å²) in [4.78, 5) is 4.32. The lowest BCUT2D eigenvalue weighted by atomic mass is 9.84. The number of fused-ring (bicyclic) bond motifs is 1. The summed E-state index contributed by atoms with van der Waals surface area (Å²) in [6.07, 6.45) is 2.67. The molecule has 0 aliphatic carbocycles. The molecule has 0 amide bonds. The summed E-state index contributed by atoms with van der Waals surface area (Å²) in [5.74, 6) is 0.800. The van der Waals surface area contributed by atoms with Crippen molar-refractivity contribution in [2.75, 3.05) is 40.0 Å². The summed E-state index contributed by atoms with van der Waals surface area (Å²) in [7, 11) is 1.79. The first kappa shape index (κ1) is 18.7. The molecule has 1 fully saturated rings. The lowest BCUT2D eigenvalue weighted by Gasteiger charge is -2.27. The number of aliphatic hydroxyl groups excluding tert-OH is 1. The van der Waals surface area contributed by atoms with Gasteiger partial charge in [0.2, 0.25) is 0 Å². The summed E-state index contributed by atoms with van der Waals surface area (Å²) in [5, 5.41) is 18.7. The van der Waals surface area contributed by atoms with Gasteiger partial charge in [0.15, 0.2) is 5.96 Å². The van der Waals surface area contributed by atoms with Gasteiger partial charge in [0.25, 0.3) is 0 Å². The van der Waals surface area contributed by atoms with Crippen molar-refractivity contribution in [2.45, 2.75) is 19.3 Å². The third-order valence-electron chi connectivity index (χ3n) is 5.25. The maximum Gasteiger partial charge on any atom is 0.191 e. The van der Waals surface area contributed by atoms with Gasteiger partial charge in [-0.15, -0.1) is 0 Å². The molecule has 1 heterocycles. The Morgan fingerprint density at radius 3 is 2.81 bits per heavy atom. The fourth-order valence-corrected chi connectivity index (χ4v) is 3.63. The lowest BCUT2D eigenvalue weighted by Crippen LogP contribution is -2.45. The molecule has 1 aliphatic rings. The molecule has 0 bridgehead atoms. The van der Waals surface area contributed by atoms with Gasteiger partial charge < -0.3 is 20.5 Å². The van der Waals surface area contributed by atoms with Crippen LogP contribution in [0.15, 0.2) is 47.5 Å². The zero-order valence-electron chi connectivity index (χ0n) is 15.5. The summed E-state index contributed by atoms with van der Waals surface area (Å²) in [6.45, 7) is 3.25. The molecule has 26 heavy (non-hydrogen) atoms. The molecule has 5 heteroatoms. The minimum atomic E-state index is 0.0159. The SMILES string of the molecule is CN=C(NCCc1cccc2ccccc12)NCC1(CCO)CCOC1. The fraction of sp³-hybridized carbons (Fsp3) is 0.476. The number of nitrogens with one attached hydrogen (secondary N) is 2. The molecular formula is C21H29N3O2. The predicted octanol–water partition coefficient (Wildman–Crippen LogP) is 2.34. The van der Waals surface area contributed by atoms with Gasteiger partial charge in [0.05, 0.1) is 6.61 Å². The van der Waals surface area contributed by atoms with Gasteiger partial charge in [0.1, 0.15) is 0 Å². The van der Waals surface area contributed by atoms with Crippen LogP contribution in [0.1, 0.15) is 18.4 Å². The zero-order valence-corrected chi connectivity index (χ0v) is 15.5. The van der Waals surface area contributed by atoms with Crippen molar-refractivity contribution < 1.29 is 9.84 Å². The average molecular weight is 355 g/mol. The van der Waals surface area contributed by atoms with E-state index in [4.69, 9.17) is 4.74 Å². The molecule has 3 N–H and O–H groups in total. The standard InChI is InChI=1S/C21H29N3O2/c1-22-20(24-15-21(10-13-25)11-14-26-16-21)23-12-9-18-7-4-6-17-5-2-3-8-19(17)18/h2-8,25H,9-16H2,1H3,(H2,22,23,24). The van der Waals surface area contributed by atoms with Gasteiger partial charge in [-0.25, -0.2) is 0 Å². The Morgan fingerprint density at radius 2 is 2.04 bits per heavy atom. The van der Waals surface area contributed by atoms with Crippen LogP contribution < -0.4 is 10.6 Å². The first-order valence-electron chi connectivity index (χ1n) is 9.36. The number of nitrogens with zero attached hydrogens (tertiary/aromatic N) is 1. The number of guanidine groups is 1. The molecular weight excluding hydrogens is 326 g/mol. The zero-order chi connectivity index (χ0) is 18.2. The highest BCUT2D eigenvalue weighted by Crippen LogP contribution is 2.31. The summed E-state index contributed by atoms with van der Waals surface area (Å²) in [5.41, 5.74) is 1.36. The first-order chi connectivity index (χ1) is 12.8. The van der Waals surface area contributed by atoms with E-state index in [0.29, 0.717) is 6.61 Å². The maximum absolute atomic E-state index is 9.34. The molecule has 1 aliphatic heterocycles. The fourth-order valence-electron chi connectivity index (χ4n) is 3.63. The van der Waals surface area contributed by atoms with Gasteiger partial charge in [-0.1, -0.05) is 42.5 Å². The Balaban J connectivity index is 1.53. The molecule has 0 spiro atoms. The van der Waals surface area contributed by atoms with Crippen LogP contribution in [-0.4, -0.2) is 51.0 Å². The van der Waals surface area contributed by atoms with Gasteiger partial charge >= 0.3 is 0 Å². The van der Waals surface area contributed by atoms with Gasteiger partial charge in [0, 0.05) is 38.8 Å². The van der Waals surface area contributed by atoms with Crippen LogP contribution in [0.3, 0.4) is 0 Å². The van der Waals surface area contributed by atoms with Crippen LogP contribution in [0.4, 0.5) is 0 Å². The van der Waals surface area contributed by atoms with Crippen molar-refractivity contribution in [3.05, 3.63) is 48.0 Å². The van der Waals surface area contributed by atoms with E-state index in [1.54, 1.807) is 7.05 Å². The predicted molar refractivity (Wildman–Crippen MR) is 107 cm³/mol. The number of aliphatic imine (C=N–C) groups is 1. The van der Waals surface area contributed by atoms with Crippen LogP contribution >= 0.6 is 0 Å². The molecule has 0 saturated carbocycles. The second kappa shape index (κ2) is 9.01. The molecule has 3 rings (SSSR count). The second-order valence-corrected chi connectivity index (χ2v) is 7.02. The molecule has 0 radical (unpaired) electrons. The van der Waals surface area contributed by atoms with Crippen LogP contribution in [0.2, 0.25) is 0 Å². The number of benzene rings is 2. The topological polar surface area (TPSA) is 65.9 Å². The van der Waals surface area contributed by atoms with E-state index >= 15 is 0 Å². The maximum atomic E-state index is 9.34. The molecule has 1 saturated heterocycles. The normalized spacial score (nSPS) is 20.5. The largest absolute Gasteiger partial charge is 0.396 e. The third kappa shape index (κ3) is 4.54. The second-order valence-electron chi connectivity index (χ2n) is 7.02. The van der Waals surface area contributed by atoms with E-state index in [-0.39, 0.29) is 12.0 Å². The highest BCUT2D eigenvalue weighted by atomic mass is 16.5. The number of rotatable bonds is 7. The van der Waals surface area contributed by atoms with E-state index in [1.165, 1.54) is 16.3 Å². The average Bonchev–Trinajstić information content (AvgIpc) is 3.13. The molecule has 1 unspecified atom stereocenters. The van der Waals surface area contributed by atoms with Crippen molar-refractivity contribution in [2.24, 2.45) is 10.4 Å². The van der Waals surface area contributed by atoms with Crippen molar-refractivity contribution in [1.29, 1.82) is 0 Å². The van der Waals surface area contributed by atoms with E-state index < -0.39 is 0 Å². The van der Waals surface area contributed by atoms with Crippen molar-refractivity contribution in [3.63, 3.8) is 0 Å². The summed E-state index contributed by atoms with van der Waals surface area (Å²) >= 11 is 0. The Morgan fingerprint density at radius 1 is 1.19 bits per heavy atom. The Hall–Kier alpha value is -2.11. The minimum absolute atomic E-state index is 0.0159. The highest BCUT2D eigenvalue weighted by Gasteiger charge is 2.34.